The lowest BCUT2D eigenvalue weighted by Crippen LogP contribution is -2.68. The number of methoxy groups -OCH3 is 1. The Labute approximate surface area is 426 Å². The molecule has 0 spiro atoms. The molecule has 0 aliphatic rings. The van der Waals surface area contributed by atoms with E-state index in [1.165, 1.54) is 29.0 Å². The van der Waals surface area contributed by atoms with Gasteiger partial charge in [-0.1, -0.05) is 116 Å². The Bertz CT molecular complexity index is 2640. The van der Waals surface area contributed by atoms with Gasteiger partial charge in [0.25, 0.3) is 8.32 Å². The van der Waals surface area contributed by atoms with Crippen LogP contribution in [0.1, 0.15) is 101 Å². The number of nitrogens with zero attached hydrogens (tertiary/aromatic N) is 5. The molecule has 0 bridgehead atoms. The number of halogens is 3. The highest BCUT2D eigenvalue weighted by Crippen LogP contribution is 2.39. The minimum Gasteiger partial charge on any atom is -0.491 e. The summed E-state index contributed by atoms with van der Waals surface area (Å²) in [7, 11) is -0.496. The summed E-state index contributed by atoms with van der Waals surface area (Å²) in [5.74, 6) is 4.41. The summed E-state index contributed by atoms with van der Waals surface area (Å²) in [6.07, 6.45) is -1.29. The van der Waals surface area contributed by atoms with Crippen LogP contribution in [0.15, 0.2) is 78.9 Å². The Balaban J connectivity index is 1.48. The molecule has 1 atom stereocenters. The van der Waals surface area contributed by atoms with E-state index in [1.807, 2.05) is 36.4 Å². The molecule has 70 heavy (non-hydrogen) atoms. The van der Waals surface area contributed by atoms with Crippen molar-refractivity contribution in [3.63, 3.8) is 0 Å². The fourth-order valence-corrected chi connectivity index (χ4v) is 13.6. The van der Waals surface area contributed by atoms with Crippen LogP contribution in [0.2, 0.25) is 15.3 Å². The van der Waals surface area contributed by atoms with Crippen molar-refractivity contribution in [2.24, 2.45) is 0 Å². The molecule has 2 aromatic heterocycles. The van der Waals surface area contributed by atoms with E-state index in [4.69, 9.17) is 51.6 Å². The quantitative estimate of drug-likeness (QED) is 0.0306. The van der Waals surface area contributed by atoms with Crippen LogP contribution in [0.4, 0.5) is 19.1 Å². The maximum Gasteiger partial charge on any atom is 0.416 e. The second-order valence-electron chi connectivity index (χ2n) is 19.6. The lowest BCUT2D eigenvalue weighted by molar-refractivity contribution is 0.0320. The van der Waals surface area contributed by atoms with E-state index in [0.717, 1.165) is 21.7 Å². The van der Waals surface area contributed by atoms with Crippen LogP contribution in [-0.2, 0) is 31.5 Å². The van der Waals surface area contributed by atoms with Crippen LogP contribution in [0, 0.1) is 24.6 Å². The summed E-state index contributed by atoms with van der Waals surface area (Å²) in [5.41, 5.74) is 0.0381. The first-order valence-electron chi connectivity index (χ1n) is 22.7. The van der Waals surface area contributed by atoms with E-state index < -0.39 is 54.6 Å². The zero-order valence-electron chi connectivity index (χ0n) is 41.9. The number of benzene rings is 3. The third-order valence-corrected chi connectivity index (χ3v) is 17.6. The number of rotatable bonds is 16. The minimum absolute atomic E-state index is 0.0101. The van der Waals surface area contributed by atoms with E-state index in [-0.39, 0.29) is 59.4 Å². The minimum atomic E-state index is -3.32. The molecule has 0 saturated heterocycles. The molecule has 18 heteroatoms. The maximum absolute atomic E-state index is 15.2. The zero-order valence-corrected chi connectivity index (χ0v) is 45.2. The lowest BCUT2D eigenvalue weighted by atomic mass is 10.1. The smallest absolute Gasteiger partial charge is 0.416 e. The number of aryl methyl sites for hydroxylation is 1. The summed E-state index contributed by atoms with van der Waals surface area (Å²) in [6.45, 7) is 18.9. The van der Waals surface area contributed by atoms with Gasteiger partial charge in [-0.05, 0) is 106 Å². The molecule has 0 saturated carbocycles. The molecule has 0 aliphatic heterocycles. The van der Waals surface area contributed by atoms with Crippen molar-refractivity contribution in [2.75, 3.05) is 38.8 Å². The largest absolute Gasteiger partial charge is 0.491 e. The fourth-order valence-electron chi connectivity index (χ4n) is 7.46. The van der Waals surface area contributed by atoms with E-state index >= 15 is 4.39 Å². The predicted molar refractivity (Wildman–Crippen MR) is 276 cm³/mol. The third-order valence-electron chi connectivity index (χ3n) is 10.7. The zero-order chi connectivity index (χ0) is 51.6. The van der Waals surface area contributed by atoms with Gasteiger partial charge in [0, 0.05) is 23.9 Å². The van der Waals surface area contributed by atoms with Crippen molar-refractivity contribution in [1.82, 2.24) is 20.1 Å². The number of hydrogen-bond donors (Lipinski definition) is 0. The normalized spacial score (nSPS) is 12.3. The van der Waals surface area contributed by atoms with Gasteiger partial charge in [-0.25, -0.2) is 23.8 Å². The molecule has 0 radical (unpaired) electrons. The summed E-state index contributed by atoms with van der Waals surface area (Å²) in [4.78, 5) is 48.2. The van der Waals surface area contributed by atoms with Gasteiger partial charge in [0.2, 0.25) is 0 Å². The van der Waals surface area contributed by atoms with Gasteiger partial charge in [0.1, 0.15) is 11.2 Å². The van der Waals surface area contributed by atoms with Gasteiger partial charge in [0.05, 0.1) is 32.9 Å². The van der Waals surface area contributed by atoms with Gasteiger partial charge >= 0.3 is 18.2 Å². The fraction of sp³-hybridized carbons (Fsp3) is 0.423. The molecule has 374 valence electrons. The van der Waals surface area contributed by atoms with Crippen molar-refractivity contribution in [3.05, 3.63) is 122 Å². The van der Waals surface area contributed by atoms with Crippen molar-refractivity contribution in [1.29, 1.82) is 0 Å². The molecule has 2 heterocycles. The van der Waals surface area contributed by atoms with Crippen molar-refractivity contribution >= 4 is 76.5 Å². The molecule has 13 nitrogen and oxygen atoms in total. The molecule has 3 aromatic carbocycles. The first-order chi connectivity index (χ1) is 32.8. The Morgan fingerprint density at radius 2 is 1.43 bits per heavy atom. The van der Waals surface area contributed by atoms with Crippen LogP contribution < -0.4 is 20.0 Å². The van der Waals surface area contributed by atoms with Crippen LogP contribution in [0.25, 0.3) is 0 Å². The van der Waals surface area contributed by atoms with Crippen LogP contribution in [0.5, 0.6) is 5.75 Å². The molecule has 5 rings (SSSR count). The van der Waals surface area contributed by atoms with Gasteiger partial charge in [0.15, 0.2) is 32.7 Å². The highest BCUT2D eigenvalue weighted by molar-refractivity contribution is 7.16. The number of carbonyl (C=O) groups is 3. The molecular formula is C52H62Cl2FN5O8SSi. The summed E-state index contributed by atoms with van der Waals surface area (Å²) < 4.78 is 45.4. The van der Waals surface area contributed by atoms with Gasteiger partial charge in [-0.3, -0.25) is 4.90 Å². The van der Waals surface area contributed by atoms with Gasteiger partial charge < -0.3 is 28.3 Å². The van der Waals surface area contributed by atoms with Gasteiger partial charge in [-0.2, -0.15) is 0 Å². The number of ether oxygens (including phenoxy) is 4. The number of aromatic nitrogens is 3. The number of carbonyl (C=O) groups excluding carboxylic acids is 3. The Morgan fingerprint density at radius 1 is 0.843 bits per heavy atom. The van der Waals surface area contributed by atoms with Crippen LogP contribution in [0.3, 0.4) is 0 Å². The molecule has 2 amide bonds. The Morgan fingerprint density at radius 3 is 1.99 bits per heavy atom. The third kappa shape index (κ3) is 14.5. The number of amides is 2. The van der Waals surface area contributed by atoms with Crippen LogP contribution in [-0.4, -0.2) is 97.7 Å². The van der Waals surface area contributed by atoms with Crippen LogP contribution >= 0.6 is 34.5 Å². The molecule has 5 aromatic rings. The van der Waals surface area contributed by atoms with Crippen molar-refractivity contribution in [2.45, 2.75) is 111 Å². The lowest BCUT2D eigenvalue weighted by Gasteiger charge is -2.45. The summed E-state index contributed by atoms with van der Waals surface area (Å²) >= 11 is 14.5. The summed E-state index contributed by atoms with van der Waals surface area (Å²) in [5, 5.41) is 10.2. The molecule has 0 fully saturated rings. The number of hydrogen-bond acceptors (Lipinski definition) is 12. The summed E-state index contributed by atoms with van der Waals surface area (Å²) in [6, 6.07) is 24.5. The molecule has 0 aliphatic carbocycles. The Kier molecular flexibility index (Phi) is 18.6. The molecule has 1 unspecified atom stereocenters. The Hall–Kier alpha value is -5.57. The molecule has 0 N–H and O–H groups in total. The topological polar surface area (TPSA) is 143 Å². The van der Waals surface area contributed by atoms with E-state index in [2.05, 4.69) is 67.1 Å². The maximum atomic E-state index is 15.2. The molecular weight excluding hydrogens is 973 g/mol. The second kappa shape index (κ2) is 23.6. The van der Waals surface area contributed by atoms with E-state index in [9.17, 15) is 14.4 Å². The van der Waals surface area contributed by atoms with E-state index in [1.54, 1.807) is 61.6 Å². The highest BCUT2D eigenvalue weighted by Gasteiger charge is 2.52. The van der Waals surface area contributed by atoms with E-state index in [0.29, 0.717) is 28.0 Å². The second-order valence-corrected chi connectivity index (χ2v) is 25.6. The predicted octanol–water partition coefficient (Wildman–Crippen LogP) is 10.6. The SMILES string of the molecule is COC(=O)c1nc(N(CC(Cc2c(Cl)nnc(Cl)c2C)O[Si](c2ccccc2)(c2ccccc2)C(C)(C)C)C(=O)OC(C)(C)C)sc1CCCOc1ccc(C#CCN(C)C(=O)OC(C)(C)C)cc1F. The first kappa shape index (κ1) is 55.4. The number of esters is 1. The number of thiazole rings is 1. The van der Waals surface area contributed by atoms with Crippen molar-refractivity contribution in [3.8, 4) is 17.6 Å². The average Bonchev–Trinajstić information content (AvgIpc) is 3.71. The highest BCUT2D eigenvalue weighted by atomic mass is 35.5. The standard InChI is InChI=1S/C52H62Cl2FN5O8SSi/c1-34-39(45(54)58-57-44(34)53)32-36(68-70(52(8,9)10,37-22-15-13-16-23-37)38-24-17-14-18-25-38)33-60(49(63)67-51(5,6)7)47-56-43(46(61)64-12)42(69-47)26-20-30-65-41-28-27-35(31-40(41)55)21-19-29-59(11)48(62)66-50(2,3)4/h13-18,22-25,27-28,31,36H,20,26,29-30,32-33H2,1-12H3. The van der Waals surface area contributed by atoms with Crippen molar-refractivity contribution < 1.29 is 42.1 Å². The van der Waals surface area contributed by atoms with Gasteiger partial charge in [-0.15, -0.1) is 21.5 Å². The monoisotopic (exact) mass is 1030 g/mol. The average molecular weight is 1040 g/mol. The first-order valence-corrected chi connectivity index (χ1v) is 26.2. The number of anilines is 1.